The molecular formula is C18H31N. The molecule has 4 aliphatic rings. The van der Waals surface area contributed by atoms with Gasteiger partial charge in [-0.3, -0.25) is 0 Å². The minimum Gasteiger partial charge on any atom is -0.313 e. The van der Waals surface area contributed by atoms with Gasteiger partial charge in [0.1, 0.15) is 0 Å². The first-order valence-corrected chi connectivity index (χ1v) is 8.32. The van der Waals surface area contributed by atoms with Crippen LogP contribution in [0.3, 0.4) is 0 Å². The minimum atomic E-state index is 0.591. The molecule has 1 N–H and O–H groups in total. The van der Waals surface area contributed by atoms with Gasteiger partial charge in [0.2, 0.25) is 0 Å². The summed E-state index contributed by atoms with van der Waals surface area (Å²) in [5.41, 5.74) is 2.60. The van der Waals surface area contributed by atoms with Crippen molar-refractivity contribution in [2.45, 2.75) is 71.8 Å². The Bertz CT molecular complexity index is 356. The lowest BCUT2D eigenvalue weighted by Crippen LogP contribution is -2.58. The average Bonchev–Trinajstić information content (AvgIpc) is 2.24. The first-order valence-electron chi connectivity index (χ1n) is 8.32. The fraction of sp³-hybridized carbons (Fsp3) is 0.889. The van der Waals surface area contributed by atoms with Crippen molar-refractivity contribution in [3.05, 3.63) is 12.2 Å². The number of nitrogens with one attached hydrogen (secondary N) is 1. The third kappa shape index (κ3) is 2.39. The molecule has 4 saturated carbocycles. The van der Waals surface area contributed by atoms with Crippen molar-refractivity contribution in [1.82, 2.24) is 5.32 Å². The Morgan fingerprint density at radius 3 is 2.37 bits per heavy atom. The van der Waals surface area contributed by atoms with Crippen LogP contribution >= 0.6 is 0 Å². The molecule has 0 aromatic rings. The van der Waals surface area contributed by atoms with Crippen LogP contribution in [0.25, 0.3) is 0 Å². The molecular weight excluding hydrogens is 230 g/mol. The normalized spacial score (nSPS) is 45.4. The van der Waals surface area contributed by atoms with E-state index in [0.717, 1.165) is 18.4 Å². The van der Waals surface area contributed by atoms with Gasteiger partial charge >= 0.3 is 0 Å². The van der Waals surface area contributed by atoms with Crippen molar-refractivity contribution in [3.63, 3.8) is 0 Å². The molecule has 19 heavy (non-hydrogen) atoms. The fourth-order valence-corrected chi connectivity index (χ4v) is 6.31. The van der Waals surface area contributed by atoms with Crippen LogP contribution in [-0.4, -0.2) is 12.6 Å². The van der Waals surface area contributed by atoms with Crippen molar-refractivity contribution >= 4 is 0 Å². The van der Waals surface area contributed by atoms with Gasteiger partial charge in [-0.25, -0.2) is 0 Å². The summed E-state index contributed by atoms with van der Waals surface area (Å²) in [6.07, 6.45) is 10.2. The summed E-state index contributed by atoms with van der Waals surface area (Å²) in [7, 11) is 0. The highest BCUT2D eigenvalue weighted by Gasteiger charge is 2.57. The standard InChI is InChI=1S/C18H31N/c1-5-19-16(6-13(2)3)18-10-14-7-15(11-18)9-17(4,8-14)12-18/h14-16,19H,2,5-12H2,1,3-4H3. The van der Waals surface area contributed by atoms with Gasteiger partial charge in [0.25, 0.3) is 0 Å². The van der Waals surface area contributed by atoms with Crippen molar-refractivity contribution < 1.29 is 0 Å². The van der Waals surface area contributed by atoms with E-state index in [9.17, 15) is 0 Å². The maximum absolute atomic E-state index is 4.18. The maximum atomic E-state index is 4.18. The lowest BCUT2D eigenvalue weighted by Gasteiger charge is -2.63. The van der Waals surface area contributed by atoms with Crippen LogP contribution in [0.15, 0.2) is 12.2 Å². The van der Waals surface area contributed by atoms with Crippen LogP contribution in [0.4, 0.5) is 0 Å². The van der Waals surface area contributed by atoms with Crippen LogP contribution in [-0.2, 0) is 0 Å². The van der Waals surface area contributed by atoms with Crippen LogP contribution in [0.1, 0.15) is 65.7 Å². The smallest absolute Gasteiger partial charge is 0.0161 e. The van der Waals surface area contributed by atoms with Crippen LogP contribution < -0.4 is 5.32 Å². The zero-order valence-electron chi connectivity index (χ0n) is 13.1. The van der Waals surface area contributed by atoms with Gasteiger partial charge in [0, 0.05) is 6.04 Å². The monoisotopic (exact) mass is 261 g/mol. The third-order valence-electron chi connectivity index (χ3n) is 6.14. The predicted octanol–water partition coefficient (Wildman–Crippen LogP) is 4.54. The molecule has 4 bridgehead atoms. The van der Waals surface area contributed by atoms with Crippen LogP contribution in [0.5, 0.6) is 0 Å². The van der Waals surface area contributed by atoms with Gasteiger partial charge in [-0.05, 0) is 81.1 Å². The average molecular weight is 261 g/mol. The molecule has 0 aromatic carbocycles. The lowest BCUT2D eigenvalue weighted by molar-refractivity contribution is -0.117. The van der Waals surface area contributed by atoms with E-state index in [0.29, 0.717) is 16.9 Å². The van der Waals surface area contributed by atoms with Crippen LogP contribution in [0, 0.1) is 22.7 Å². The van der Waals surface area contributed by atoms with Gasteiger partial charge < -0.3 is 5.32 Å². The van der Waals surface area contributed by atoms with E-state index < -0.39 is 0 Å². The summed E-state index contributed by atoms with van der Waals surface area (Å²) in [5.74, 6) is 2.05. The third-order valence-corrected chi connectivity index (χ3v) is 6.14. The molecule has 3 unspecified atom stereocenters. The summed E-state index contributed by atoms with van der Waals surface area (Å²) in [4.78, 5) is 0. The Morgan fingerprint density at radius 2 is 1.89 bits per heavy atom. The molecule has 0 saturated heterocycles. The fourth-order valence-electron chi connectivity index (χ4n) is 6.31. The van der Waals surface area contributed by atoms with Crippen molar-refractivity contribution in [1.29, 1.82) is 0 Å². The van der Waals surface area contributed by atoms with Crippen molar-refractivity contribution in [3.8, 4) is 0 Å². The van der Waals surface area contributed by atoms with E-state index in [4.69, 9.17) is 0 Å². The molecule has 0 aliphatic heterocycles. The summed E-state index contributed by atoms with van der Waals surface area (Å²) < 4.78 is 0. The van der Waals surface area contributed by atoms with Crippen LogP contribution in [0.2, 0.25) is 0 Å². The topological polar surface area (TPSA) is 12.0 Å². The second kappa shape index (κ2) is 4.62. The van der Waals surface area contributed by atoms with E-state index in [1.807, 2.05) is 0 Å². The molecule has 4 fully saturated rings. The maximum Gasteiger partial charge on any atom is 0.0161 e. The quantitative estimate of drug-likeness (QED) is 0.717. The molecule has 3 atom stereocenters. The Labute approximate surface area is 119 Å². The highest BCUT2D eigenvalue weighted by atomic mass is 14.9. The molecule has 4 aliphatic carbocycles. The van der Waals surface area contributed by atoms with E-state index in [1.54, 1.807) is 0 Å². The van der Waals surface area contributed by atoms with Gasteiger partial charge in [0.15, 0.2) is 0 Å². The first kappa shape index (κ1) is 13.7. The minimum absolute atomic E-state index is 0.591. The second-order valence-corrected chi connectivity index (χ2v) is 8.41. The van der Waals surface area contributed by atoms with Gasteiger partial charge in [-0.1, -0.05) is 19.4 Å². The molecule has 0 heterocycles. The van der Waals surface area contributed by atoms with E-state index in [2.05, 4.69) is 32.7 Å². The van der Waals surface area contributed by atoms with Gasteiger partial charge in [-0.2, -0.15) is 0 Å². The molecule has 4 rings (SSSR count). The number of hydrogen-bond acceptors (Lipinski definition) is 1. The predicted molar refractivity (Wildman–Crippen MR) is 82.1 cm³/mol. The summed E-state index contributed by atoms with van der Waals surface area (Å²) in [6.45, 7) is 12.3. The van der Waals surface area contributed by atoms with Gasteiger partial charge in [0.05, 0.1) is 0 Å². The molecule has 1 nitrogen and oxygen atoms in total. The van der Waals surface area contributed by atoms with Gasteiger partial charge in [-0.15, -0.1) is 6.58 Å². The molecule has 0 spiro atoms. The Kier molecular flexibility index (Phi) is 3.32. The Hall–Kier alpha value is -0.300. The molecule has 0 aromatic heterocycles. The summed E-state index contributed by atoms with van der Waals surface area (Å²) in [5, 5.41) is 3.83. The summed E-state index contributed by atoms with van der Waals surface area (Å²) in [6, 6.07) is 0.681. The zero-order valence-corrected chi connectivity index (χ0v) is 13.1. The SMILES string of the molecule is C=C(C)CC(NCC)C12CC3CC(CC(C)(C3)C1)C2. The molecule has 1 heteroatoms. The summed E-state index contributed by atoms with van der Waals surface area (Å²) >= 11 is 0. The first-order chi connectivity index (χ1) is 8.95. The highest BCUT2D eigenvalue weighted by Crippen LogP contribution is 2.66. The van der Waals surface area contributed by atoms with Crippen molar-refractivity contribution in [2.75, 3.05) is 6.54 Å². The highest BCUT2D eigenvalue weighted by molar-refractivity contribution is 5.12. The van der Waals surface area contributed by atoms with Crippen molar-refractivity contribution in [2.24, 2.45) is 22.7 Å². The lowest BCUT2D eigenvalue weighted by atomic mass is 9.43. The van der Waals surface area contributed by atoms with E-state index >= 15 is 0 Å². The Balaban J connectivity index is 1.86. The number of rotatable bonds is 5. The molecule has 108 valence electrons. The van der Waals surface area contributed by atoms with E-state index in [1.165, 1.54) is 50.5 Å². The molecule has 0 amide bonds. The largest absolute Gasteiger partial charge is 0.313 e. The Morgan fingerprint density at radius 1 is 1.26 bits per heavy atom. The second-order valence-electron chi connectivity index (χ2n) is 8.41. The number of hydrogen-bond donors (Lipinski definition) is 1. The molecule has 0 radical (unpaired) electrons. The van der Waals surface area contributed by atoms with E-state index in [-0.39, 0.29) is 0 Å². The zero-order chi connectivity index (χ0) is 13.7.